The van der Waals surface area contributed by atoms with Gasteiger partial charge in [0.25, 0.3) is 0 Å². The molecule has 0 aliphatic carbocycles. The molecule has 0 aliphatic rings. The Balaban J connectivity index is 2.51. The average molecular weight is 252 g/mol. The summed E-state index contributed by atoms with van der Waals surface area (Å²) in [5, 5.41) is 5.94. The van der Waals surface area contributed by atoms with Gasteiger partial charge in [-0.2, -0.15) is 0 Å². The minimum absolute atomic E-state index is 0.0237. The molecule has 0 bridgehead atoms. The molecular formula is C14H21FN2O. The van der Waals surface area contributed by atoms with Crippen molar-refractivity contribution < 1.29 is 9.18 Å². The zero-order valence-corrected chi connectivity index (χ0v) is 11.2. The van der Waals surface area contributed by atoms with Crippen molar-refractivity contribution in [2.75, 3.05) is 13.1 Å². The van der Waals surface area contributed by atoms with Gasteiger partial charge in [0.1, 0.15) is 5.82 Å². The monoisotopic (exact) mass is 252 g/mol. The third-order valence-corrected chi connectivity index (χ3v) is 2.85. The van der Waals surface area contributed by atoms with Crippen LogP contribution in [-0.4, -0.2) is 19.0 Å². The molecule has 100 valence electrons. The number of hydrogen-bond acceptors (Lipinski definition) is 2. The lowest BCUT2D eigenvalue weighted by atomic mass is 10.1. The second kappa shape index (κ2) is 7.11. The van der Waals surface area contributed by atoms with E-state index in [-0.39, 0.29) is 17.8 Å². The SMILES string of the molecule is CCNCCC(=O)NC(C)c1ccc(C)c(F)c1. The third kappa shape index (κ3) is 4.45. The Kier molecular flexibility index (Phi) is 5.78. The molecule has 3 nitrogen and oxygen atoms in total. The van der Waals surface area contributed by atoms with Crippen LogP contribution in [0.25, 0.3) is 0 Å². The number of hydrogen-bond donors (Lipinski definition) is 2. The number of benzene rings is 1. The molecule has 1 amide bonds. The fourth-order valence-corrected chi connectivity index (χ4v) is 1.65. The van der Waals surface area contributed by atoms with Gasteiger partial charge < -0.3 is 10.6 Å². The van der Waals surface area contributed by atoms with Crippen LogP contribution in [0.15, 0.2) is 18.2 Å². The van der Waals surface area contributed by atoms with Gasteiger partial charge in [0, 0.05) is 13.0 Å². The largest absolute Gasteiger partial charge is 0.350 e. The lowest BCUT2D eigenvalue weighted by Crippen LogP contribution is -2.29. The first-order valence-corrected chi connectivity index (χ1v) is 6.30. The van der Waals surface area contributed by atoms with E-state index >= 15 is 0 Å². The van der Waals surface area contributed by atoms with Gasteiger partial charge in [0.15, 0.2) is 0 Å². The summed E-state index contributed by atoms with van der Waals surface area (Å²) in [6.07, 6.45) is 0.437. The Labute approximate surface area is 108 Å². The quantitative estimate of drug-likeness (QED) is 0.763. The molecule has 4 heteroatoms. The van der Waals surface area contributed by atoms with E-state index in [4.69, 9.17) is 0 Å². The van der Waals surface area contributed by atoms with Gasteiger partial charge in [-0.15, -0.1) is 0 Å². The van der Waals surface area contributed by atoms with E-state index in [1.165, 1.54) is 6.07 Å². The highest BCUT2D eigenvalue weighted by atomic mass is 19.1. The number of carbonyl (C=O) groups is 1. The Bertz CT molecular complexity index is 407. The van der Waals surface area contributed by atoms with Crippen LogP contribution in [0.5, 0.6) is 0 Å². The first-order valence-electron chi connectivity index (χ1n) is 6.30. The summed E-state index contributed by atoms with van der Waals surface area (Å²) in [6.45, 7) is 7.09. The predicted octanol–water partition coefficient (Wildman–Crippen LogP) is 2.31. The smallest absolute Gasteiger partial charge is 0.221 e. The van der Waals surface area contributed by atoms with E-state index in [2.05, 4.69) is 10.6 Å². The van der Waals surface area contributed by atoms with Crippen molar-refractivity contribution >= 4 is 5.91 Å². The van der Waals surface area contributed by atoms with Gasteiger partial charge in [0.05, 0.1) is 6.04 Å². The highest BCUT2D eigenvalue weighted by Crippen LogP contribution is 2.16. The fraction of sp³-hybridized carbons (Fsp3) is 0.500. The standard InChI is InChI=1S/C14H21FN2O/c1-4-16-8-7-14(18)17-11(3)12-6-5-10(2)13(15)9-12/h5-6,9,11,16H,4,7-8H2,1-3H3,(H,17,18). The Morgan fingerprint density at radius 3 is 2.78 bits per heavy atom. The van der Waals surface area contributed by atoms with Crippen molar-refractivity contribution in [3.05, 3.63) is 35.1 Å². The van der Waals surface area contributed by atoms with Crippen molar-refractivity contribution in [2.45, 2.75) is 33.2 Å². The fourth-order valence-electron chi connectivity index (χ4n) is 1.65. The molecule has 1 aromatic carbocycles. The van der Waals surface area contributed by atoms with Crippen molar-refractivity contribution in [1.29, 1.82) is 0 Å². The zero-order valence-electron chi connectivity index (χ0n) is 11.2. The van der Waals surface area contributed by atoms with E-state index < -0.39 is 0 Å². The number of halogens is 1. The summed E-state index contributed by atoms with van der Waals surface area (Å²) >= 11 is 0. The molecule has 1 unspecified atom stereocenters. The molecule has 0 saturated heterocycles. The van der Waals surface area contributed by atoms with Crippen LogP contribution < -0.4 is 10.6 Å². The summed E-state index contributed by atoms with van der Waals surface area (Å²) in [7, 11) is 0. The molecule has 0 heterocycles. The van der Waals surface area contributed by atoms with Crippen molar-refractivity contribution in [3.63, 3.8) is 0 Å². The second-order valence-electron chi connectivity index (χ2n) is 4.40. The minimum atomic E-state index is -0.235. The lowest BCUT2D eigenvalue weighted by Gasteiger charge is -2.15. The zero-order chi connectivity index (χ0) is 13.5. The van der Waals surface area contributed by atoms with Crippen molar-refractivity contribution in [3.8, 4) is 0 Å². The number of amides is 1. The van der Waals surface area contributed by atoms with Gasteiger partial charge >= 0.3 is 0 Å². The maximum Gasteiger partial charge on any atom is 0.221 e. The van der Waals surface area contributed by atoms with Gasteiger partial charge in [-0.25, -0.2) is 4.39 Å². The molecule has 0 radical (unpaired) electrons. The van der Waals surface area contributed by atoms with Gasteiger partial charge in [-0.3, -0.25) is 4.79 Å². The number of aryl methyl sites for hydroxylation is 1. The third-order valence-electron chi connectivity index (χ3n) is 2.85. The highest BCUT2D eigenvalue weighted by Gasteiger charge is 2.10. The molecule has 0 aromatic heterocycles. The van der Waals surface area contributed by atoms with E-state index in [1.54, 1.807) is 13.0 Å². The van der Waals surface area contributed by atoms with Crippen LogP contribution in [0, 0.1) is 12.7 Å². The minimum Gasteiger partial charge on any atom is -0.350 e. The van der Waals surface area contributed by atoms with Crippen LogP contribution in [-0.2, 0) is 4.79 Å². The molecular weight excluding hydrogens is 231 g/mol. The molecule has 1 aromatic rings. The number of nitrogens with one attached hydrogen (secondary N) is 2. The van der Waals surface area contributed by atoms with E-state index in [0.717, 1.165) is 12.1 Å². The molecule has 18 heavy (non-hydrogen) atoms. The molecule has 0 spiro atoms. The molecule has 0 saturated carbocycles. The maximum absolute atomic E-state index is 13.4. The van der Waals surface area contributed by atoms with Gasteiger partial charge in [0.2, 0.25) is 5.91 Å². The Morgan fingerprint density at radius 2 is 2.17 bits per heavy atom. The molecule has 0 fully saturated rings. The van der Waals surface area contributed by atoms with E-state index in [0.29, 0.717) is 18.5 Å². The van der Waals surface area contributed by atoms with Crippen LogP contribution in [0.3, 0.4) is 0 Å². The first-order chi connectivity index (χ1) is 8.54. The van der Waals surface area contributed by atoms with E-state index in [1.807, 2.05) is 19.9 Å². The van der Waals surface area contributed by atoms with Crippen LogP contribution in [0.4, 0.5) is 4.39 Å². The van der Waals surface area contributed by atoms with Crippen LogP contribution in [0.2, 0.25) is 0 Å². The van der Waals surface area contributed by atoms with Gasteiger partial charge in [-0.1, -0.05) is 19.1 Å². The molecule has 1 rings (SSSR count). The highest BCUT2D eigenvalue weighted by molar-refractivity contribution is 5.76. The first kappa shape index (κ1) is 14.6. The van der Waals surface area contributed by atoms with Crippen molar-refractivity contribution in [2.24, 2.45) is 0 Å². The summed E-state index contributed by atoms with van der Waals surface area (Å²) in [5.74, 6) is -0.259. The second-order valence-corrected chi connectivity index (χ2v) is 4.40. The lowest BCUT2D eigenvalue weighted by molar-refractivity contribution is -0.121. The molecule has 1 atom stereocenters. The van der Waals surface area contributed by atoms with Crippen LogP contribution >= 0.6 is 0 Å². The topological polar surface area (TPSA) is 41.1 Å². The maximum atomic E-state index is 13.4. The summed E-state index contributed by atoms with van der Waals surface area (Å²) in [5.41, 5.74) is 1.40. The predicted molar refractivity (Wildman–Crippen MR) is 70.9 cm³/mol. The normalized spacial score (nSPS) is 12.2. The number of rotatable bonds is 6. The van der Waals surface area contributed by atoms with Gasteiger partial charge in [-0.05, 0) is 37.6 Å². The summed E-state index contributed by atoms with van der Waals surface area (Å²) in [4.78, 5) is 11.6. The average Bonchev–Trinajstić information content (AvgIpc) is 2.33. The molecule has 2 N–H and O–H groups in total. The summed E-state index contributed by atoms with van der Waals surface area (Å²) < 4.78 is 13.4. The molecule has 0 aliphatic heterocycles. The van der Waals surface area contributed by atoms with Crippen LogP contribution in [0.1, 0.15) is 37.4 Å². The van der Waals surface area contributed by atoms with Crippen molar-refractivity contribution in [1.82, 2.24) is 10.6 Å². The van der Waals surface area contributed by atoms with E-state index in [9.17, 15) is 9.18 Å². The number of carbonyl (C=O) groups excluding carboxylic acids is 1. The summed E-state index contributed by atoms with van der Waals surface area (Å²) in [6, 6.07) is 4.87. The Morgan fingerprint density at radius 1 is 1.44 bits per heavy atom. The Hall–Kier alpha value is -1.42.